The second-order valence-electron chi connectivity index (χ2n) is 4.86. The van der Waals surface area contributed by atoms with Gasteiger partial charge in [-0.25, -0.2) is 4.39 Å². The molecule has 0 aromatic heterocycles. The standard InChI is InChI=1S/C17H18FNO2/c1-12-6-8-14(18)11-16(12)19-17(20)9-7-13-4-3-5-15(10-13)21-2/h3-6,8,10-11H,7,9H2,1-2H3,(H,19,20). The Morgan fingerprint density at radius 3 is 2.81 bits per heavy atom. The van der Waals surface area contributed by atoms with E-state index in [9.17, 15) is 9.18 Å². The van der Waals surface area contributed by atoms with E-state index in [4.69, 9.17) is 4.74 Å². The van der Waals surface area contributed by atoms with Crippen molar-refractivity contribution >= 4 is 11.6 Å². The van der Waals surface area contributed by atoms with Crippen molar-refractivity contribution in [1.82, 2.24) is 0 Å². The molecule has 0 fully saturated rings. The lowest BCUT2D eigenvalue weighted by molar-refractivity contribution is -0.116. The van der Waals surface area contributed by atoms with Crippen LogP contribution in [0.3, 0.4) is 0 Å². The Balaban J connectivity index is 1.94. The lowest BCUT2D eigenvalue weighted by atomic mass is 10.1. The summed E-state index contributed by atoms with van der Waals surface area (Å²) in [5, 5.41) is 2.74. The van der Waals surface area contributed by atoms with Gasteiger partial charge in [-0.3, -0.25) is 4.79 Å². The molecule has 0 aliphatic heterocycles. The van der Waals surface area contributed by atoms with Crippen molar-refractivity contribution in [3.8, 4) is 5.75 Å². The number of carbonyl (C=O) groups is 1. The van der Waals surface area contributed by atoms with E-state index in [1.165, 1.54) is 12.1 Å². The van der Waals surface area contributed by atoms with E-state index in [1.54, 1.807) is 13.2 Å². The molecule has 0 saturated heterocycles. The van der Waals surface area contributed by atoms with Crippen molar-refractivity contribution in [2.24, 2.45) is 0 Å². The molecule has 110 valence electrons. The Morgan fingerprint density at radius 2 is 2.05 bits per heavy atom. The van der Waals surface area contributed by atoms with Crippen molar-refractivity contribution in [1.29, 1.82) is 0 Å². The van der Waals surface area contributed by atoms with Gasteiger partial charge in [-0.1, -0.05) is 18.2 Å². The number of aryl methyl sites for hydroxylation is 2. The van der Waals surface area contributed by atoms with Gasteiger partial charge in [0.2, 0.25) is 5.91 Å². The first kappa shape index (κ1) is 15.0. The van der Waals surface area contributed by atoms with Crippen LogP contribution < -0.4 is 10.1 Å². The fourth-order valence-electron chi connectivity index (χ4n) is 2.03. The predicted molar refractivity (Wildman–Crippen MR) is 81.1 cm³/mol. The van der Waals surface area contributed by atoms with E-state index in [1.807, 2.05) is 31.2 Å². The van der Waals surface area contributed by atoms with Crippen LogP contribution in [-0.2, 0) is 11.2 Å². The zero-order chi connectivity index (χ0) is 15.2. The minimum Gasteiger partial charge on any atom is -0.497 e. The van der Waals surface area contributed by atoms with Crippen molar-refractivity contribution < 1.29 is 13.9 Å². The van der Waals surface area contributed by atoms with Crippen molar-refractivity contribution in [2.45, 2.75) is 19.8 Å². The molecule has 0 radical (unpaired) electrons. The first-order valence-corrected chi connectivity index (χ1v) is 6.77. The molecule has 0 unspecified atom stereocenters. The Hall–Kier alpha value is -2.36. The summed E-state index contributed by atoms with van der Waals surface area (Å²) in [5.74, 6) is 0.282. The van der Waals surface area contributed by atoms with Crippen LogP contribution in [-0.4, -0.2) is 13.0 Å². The van der Waals surface area contributed by atoms with Gasteiger partial charge < -0.3 is 10.1 Å². The first-order chi connectivity index (χ1) is 10.1. The minimum atomic E-state index is -0.358. The monoisotopic (exact) mass is 287 g/mol. The van der Waals surface area contributed by atoms with Gasteiger partial charge in [0.05, 0.1) is 7.11 Å². The number of hydrogen-bond acceptors (Lipinski definition) is 2. The Labute approximate surface area is 123 Å². The molecule has 2 aromatic carbocycles. The van der Waals surface area contributed by atoms with Crippen LogP contribution in [0.4, 0.5) is 10.1 Å². The third kappa shape index (κ3) is 4.31. The molecule has 2 aromatic rings. The number of ether oxygens (including phenoxy) is 1. The van der Waals surface area contributed by atoms with E-state index >= 15 is 0 Å². The zero-order valence-corrected chi connectivity index (χ0v) is 12.2. The summed E-state index contributed by atoms with van der Waals surface area (Å²) in [6, 6.07) is 12.0. The van der Waals surface area contributed by atoms with Crippen molar-refractivity contribution in [3.63, 3.8) is 0 Å². The second-order valence-corrected chi connectivity index (χ2v) is 4.86. The van der Waals surface area contributed by atoms with E-state index < -0.39 is 0 Å². The molecule has 0 aliphatic carbocycles. The number of halogens is 1. The smallest absolute Gasteiger partial charge is 0.224 e. The highest BCUT2D eigenvalue weighted by Crippen LogP contribution is 2.17. The summed E-state index contributed by atoms with van der Waals surface area (Å²) < 4.78 is 18.3. The summed E-state index contributed by atoms with van der Waals surface area (Å²) in [7, 11) is 1.61. The lowest BCUT2D eigenvalue weighted by Crippen LogP contribution is -2.13. The highest BCUT2D eigenvalue weighted by Gasteiger charge is 2.07. The number of benzene rings is 2. The Kier molecular flexibility index (Phi) is 4.93. The number of amides is 1. The average molecular weight is 287 g/mol. The first-order valence-electron chi connectivity index (χ1n) is 6.77. The highest BCUT2D eigenvalue weighted by atomic mass is 19.1. The van der Waals surface area contributed by atoms with Crippen LogP contribution in [0.25, 0.3) is 0 Å². The number of nitrogens with one attached hydrogen (secondary N) is 1. The summed E-state index contributed by atoms with van der Waals surface area (Å²) in [6.45, 7) is 1.83. The topological polar surface area (TPSA) is 38.3 Å². The number of hydrogen-bond donors (Lipinski definition) is 1. The molecule has 2 rings (SSSR count). The van der Waals surface area contributed by atoms with Crippen molar-refractivity contribution in [3.05, 3.63) is 59.4 Å². The fraction of sp³-hybridized carbons (Fsp3) is 0.235. The Bertz CT molecular complexity index is 640. The summed E-state index contributed by atoms with van der Waals surface area (Å²) in [5.41, 5.74) is 2.39. The van der Waals surface area contributed by atoms with Gasteiger partial charge in [0.25, 0.3) is 0 Å². The SMILES string of the molecule is COc1cccc(CCC(=O)Nc2cc(F)ccc2C)c1. The summed E-state index contributed by atoms with van der Waals surface area (Å²) in [6.07, 6.45) is 0.945. The molecule has 3 nitrogen and oxygen atoms in total. The normalized spacial score (nSPS) is 10.2. The minimum absolute atomic E-state index is 0.133. The van der Waals surface area contributed by atoms with Crippen LogP contribution in [0, 0.1) is 12.7 Å². The van der Waals surface area contributed by atoms with Gasteiger partial charge in [0.1, 0.15) is 11.6 Å². The van der Waals surface area contributed by atoms with Crippen LogP contribution >= 0.6 is 0 Å². The number of methoxy groups -OCH3 is 1. The van der Waals surface area contributed by atoms with Gasteiger partial charge in [-0.2, -0.15) is 0 Å². The third-order valence-electron chi connectivity index (χ3n) is 3.25. The van der Waals surface area contributed by atoms with Crippen LogP contribution in [0.5, 0.6) is 5.75 Å². The molecule has 0 spiro atoms. The maximum absolute atomic E-state index is 13.2. The van der Waals surface area contributed by atoms with Crippen LogP contribution in [0.15, 0.2) is 42.5 Å². The highest BCUT2D eigenvalue weighted by molar-refractivity contribution is 5.91. The molecule has 0 heterocycles. The zero-order valence-electron chi connectivity index (χ0n) is 12.2. The van der Waals surface area contributed by atoms with Gasteiger partial charge in [0.15, 0.2) is 0 Å². The van der Waals surface area contributed by atoms with E-state index in [2.05, 4.69) is 5.32 Å². The van der Waals surface area contributed by atoms with Crippen molar-refractivity contribution in [2.75, 3.05) is 12.4 Å². The third-order valence-corrected chi connectivity index (χ3v) is 3.25. The van der Waals surface area contributed by atoms with Gasteiger partial charge >= 0.3 is 0 Å². The predicted octanol–water partition coefficient (Wildman–Crippen LogP) is 3.71. The van der Waals surface area contributed by atoms with E-state index in [0.29, 0.717) is 18.5 Å². The molecule has 1 N–H and O–H groups in total. The van der Waals surface area contributed by atoms with Crippen LogP contribution in [0.1, 0.15) is 17.5 Å². The number of carbonyl (C=O) groups excluding carboxylic acids is 1. The van der Waals surface area contributed by atoms with E-state index in [0.717, 1.165) is 16.9 Å². The largest absolute Gasteiger partial charge is 0.497 e. The molecule has 4 heteroatoms. The molecular formula is C17H18FNO2. The number of anilines is 1. The number of rotatable bonds is 5. The molecule has 0 bridgehead atoms. The second kappa shape index (κ2) is 6.88. The quantitative estimate of drug-likeness (QED) is 0.910. The van der Waals surface area contributed by atoms with Crippen LogP contribution in [0.2, 0.25) is 0 Å². The lowest BCUT2D eigenvalue weighted by Gasteiger charge is -2.09. The molecule has 0 atom stereocenters. The summed E-state index contributed by atoms with van der Waals surface area (Å²) in [4.78, 5) is 11.9. The molecule has 1 amide bonds. The fourth-order valence-corrected chi connectivity index (χ4v) is 2.03. The molecule has 21 heavy (non-hydrogen) atoms. The maximum atomic E-state index is 13.2. The molecule has 0 saturated carbocycles. The van der Waals surface area contributed by atoms with Gasteiger partial charge in [0, 0.05) is 12.1 Å². The van der Waals surface area contributed by atoms with E-state index in [-0.39, 0.29) is 11.7 Å². The van der Waals surface area contributed by atoms with Gasteiger partial charge in [-0.05, 0) is 48.7 Å². The molecule has 0 aliphatic rings. The summed E-state index contributed by atoms with van der Waals surface area (Å²) >= 11 is 0. The average Bonchev–Trinajstić information content (AvgIpc) is 2.49. The van der Waals surface area contributed by atoms with Gasteiger partial charge in [-0.15, -0.1) is 0 Å². The maximum Gasteiger partial charge on any atom is 0.224 e. The molecular weight excluding hydrogens is 269 g/mol. The Morgan fingerprint density at radius 1 is 1.24 bits per heavy atom.